The SMILES string of the molecule is CCC(C)C(N)C(=O)NC(CCCN=C(N)N)C(=O)NC(CCCN=C(N)N)C(=O)N1CCCC1C(=O)O. The van der Waals surface area contributed by atoms with Crippen LogP contribution < -0.4 is 39.3 Å². The Bertz CT molecular complexity index is 873. The highest BCUT2D eigenvalue weighted by molar-refractivity contribution is 5.94. The number of aliphatic imine (C=N–C) groups is 2. The van der Waals surface area contributed by atoms with Crippen molar-refractivity contribution in [2.45, 2.75) is 83.0 Å². The van der Waals surface area contributed by atoms with E-state index in [-0.39, 0.29) is 50.3 Å². The number of carbonyl (C=O) groups is 4. The Labute approximate surface area is 223 Å². The Morgan fingerprint density at radius 1 is 0.947 bits per heavy atom. The molecular weight excluding hydrogens is 496 g/mol. The molecular formula is C23H44N10O5. The number of nitrogens with zero attached hydrogens (tertiary/aromatic N) is 3. The van der Waals surface area contributed by atoms with E-state index in [2.05, 4.69) is 20.6 Å². The molecule has 0 spiro atoms. The van der Waals surface area contributed by atoms with E-state index >= 15 is 0 Å². The molecule has 216 valence electrons. The minimum Gasteiger partial charge on any atom is -0.480 e. The van der Waals surface area contributed by atoms with Gasteiger partial charge in [-0.3, -0.25) is 24.4 Å². The van der Waals surface area contributed by atoms with Gasteiger partial charge in [0.05, 0.1) is 6.04 Å². The summed E-state index contributed by atoms with van der Waals surface area (Å²) < 4.78 is 0. The highest BCUT2D eigenvalue weighted by Crippen LogP contribution is 2.20. The van der Waals surface area contributed by atoms with E-state index in [1.807, 2.05) is 13.8 Å². The normalized spacial score (nSPS) is 18.0. The number of nitrogens with two attached hydrogens (primary N) is 5. The lowest BCUT2D eigenvalue weighted by atomic mass is 9.98. The summed E-state index contributed by atoms with van der Waals surface area (Å²) in [5.74, 6) is -3.05. The van der Waals surface area contributed by atoms with Crippen LogP contribution in [0.4, 0.5) is 0 Å². The lowest BCUT2D eigenvalue weighted by Crippen LogP contribution is -2.57. The zero-order valence-corrected chi connectivity index (χ0v) is 22.3. The number of rotatable bonds is 16. The molecule has 1 rings (SSSR count). The number of carbonyl (C=O) groups excluding carboxylic acids is 3. The fourth-order valence-corrected chi connectivity index (χ4v) is 4.07. The highest BCUT2D eigenvalue weighted by Gasteiger charge is 2.38. The maximum Gasteiger partial charge on any atom is 0.326 e. The molecule has 5 unspecified atom stereocenters. The van der Waals surface area contributed by atoms with Crippen LogP contribution >= 0.6 is 0 Å². The molecule has 1 heterocycles. The van der Waals surface area contributed by atoms with Crippen molar-refractivity contribution in [3.8, 4) is 0 Å². The van der Waals surface area contributed by atoms with E-state index in [4.69, 9.17) is 28.7 Å². The van der Waals surface area contributed by atoms with Gasteiger partial charge in [-0.1, -0.05) is 20.3 Å². The molecule has 0 aromatic carbocycles. The van der Waals surface area contributed by atoms with Crippen LogP contribution in [0.2, 0.25) is 0 Å². The third-order valence-electron chi connectivity index (χ3n) is 6.52. The van der Waals surface area contributed by atoms with Gasteiger partial charge in [0.1, 0.15) is 18.1 Å². The second-order valence-electron chi connectivity index (χ2n) is 9.46. The van der Waals surface area contributed by atoms with Gasteiger partial charge < -0.3 is 49.3 Å². The minimum absolute atomic E-state index is 0.0983. The smallest absolute Gasteiger partial charge is 0.326 e. The molecule has 1 aliphatic heterocycles. The van der Waals surface area contributed by atoms with Crippen LogP contribution in [0, 0.1) is 5.92 Å². The van der Waals surface area contributed by atoms with E-state index in [1.54, 1.807) is 0 Å². The van der Waals surface area contributed by atoms with E-state index in [0.717, 1.165) is 0 Å². The van der Waals surface area contributed by atoms with Crippen LogP contribution in [0.15, 0.2) is 9.98 Å². The minimum atomic E-state index is -1.11. The van der Waals surface area contributed by atoms with Gasteiger partial charge >= 0.3 is 5.97 Å². The van der Waals surface area contributed by atoms with Crippen LogP contribution in [0.5, 0.6) is 0 Å². The summed E-state index contributed by atoms with van der Waals surface area (Å²) in [6, 6.07) is -3.86. The van der Waals surface area contributed by atoms with E-state index in [9.17, 15) is 24.3 Å². The number of amides is 3. The van der Waals surface area contributed by atoms with Crippen LogP contribution in [0.25, 0.3) is 0 Å². The van der Waals surface area contributed by atoms with Crippen molar-refractivity contribution < 1.29 is 24.3 Å². The number of likely N-dealkylation sites (tertiary alicyclic amines) is 1. The maximum absolute atomic E-state index is 13.4. The van der Waals surface area contributed by atoms with Gasteiger partial charge in [0.25, 0.3) is 0 Å². The van der Waals surface area contributed by atoms with Crippen molar-refractivity contribution in [3.05, 3.63) is 0 Å². The average molecular weight is 541 g/mol. The quantitative estimate of drug-likeness (QED) is 0.0579. The van der Waals surface area contributed by atoms with Crippen LogP contribution in [0.3, 0.4) is 0 Å². The first-order valence-corrected chi connectivity index (χ1v) is 12.9. The molecule has 0 saturated carbocycles. The molecule has 1 fully saturated rings. The fraction of sp³-hybridized carbons (Fsp3) is 0.739. The van der Waals surface area contributed by atoms with Crippen molar-refractivity contribution in [3.63, 3.8) is 0 Å². The predicted octanol–water partition coefficient (Wildman–Crippen LogP) is -2.49. The summed E-state index contributed by atoms with van der Waals surface area (Å²) >= 11 is 0. The summed E-state index contributed by atoms with van der Waals surface area (Å²) in [5, 5.41) is 14.9. The number of nitrogens with one attached hydrogen (secondary N) is 2. The van der Waals surface area contributed by atoms with Gasteiger partial charge in [-0.25, -0.2) is 4.79 Å². The fourth-order valence-electron chi connectivity index (χ4n) is 4.07. The Morgan fingerprint density at radius 2 is 1.47 bits per heavy atom. The average Bonchev–Trinajstić information content (AvgIpc) is 3.36. The van der Waals surface area contributed by atoms with Gasteiger partial charge in [0.2, 0.25) is 17.7 Å². The third-order valence-corrected chi connectivity index (χ3v) is 6.52. The first kappa shape index (κ1) is 32.4. The molecule has 13 N–H and O–H groups in total. The molecule has 38 heavy (non-hydrogen) atoms. The lowest BCUT2D eigenvalue weighted by Gasteiger charge is -2.29. The molecule has 0 aliphatic carbocycles. The summed E-state index contributed by atoms with van der Waals surface area (Å²) in [6.45, 7) is 4.44. The molecule has 1 saturated heterocycles. The molecule has 15 nitrogen and oxygen atoms in total. The number of hydrogen-bond acceptors (Lipinski definition) is 7. The highest BCUT2D eigenvalue weighted by atomic mass is 16.4. The standard InChI is InChI=1S/C23H44N10O5/c1-3-13(2)17(24)19(35)31-14(7-4-10-29-22(25)26)18(34)32-15(8-5-11-30-23(27)28)20(36)33-12-6-9-16(33)21(37)38/h13-17H,3-12,24H2,1-2H3,(H,31,35)(H,32,34)(H,37,38)(H4,25,26,29)(H4,27,28,30). The van der Waals surface area contributed by atoms with Crippen LogP contribution in [0.1, 0.15) is 58.8 Å². The number of carboxylic acids is 1. The molecule has 5 atom stereocenters. The molecule has 15 heteroatoms. The summed E-state index contributed by atoms with van der Waals surface area (Å²) in [5.41, 5.74) is 27.5. The number of hydrogen-bond donors (Lipinski definition) is 8. The number of guanidine groups is 2. The largest absolute Gasteiger partial charge is 0.480 e. The second kappa shape index (κ2) is 16.3. The van der Waals surface area contributed by atoms with Gasteiger partial charge in [0.15, 0.2) is 11.9 Å². The Balaban J connectivity index is 3.09. The number of aliphatic carboxylic acids is 1. The van der Waals surface area contributed by atoms with E-state index in [1.165, 1.54) is 4.90 Å². The van der Waals surface area contributed by atoms with Crippen molar-refractivity contribution in [1.82, 2.24) is 15.5 Å². The van der Waals surface area contributed by atoms with Gasteiger partial charge in [-0.2, -0.15) is 0 Å². The molecule has 0 radical (unpaired) electrons. The van der Waals surface area contributed by atoms with Crippen LogP contribution in [-0.2, 0) is 19.2 Å². The summed E-state index contributed by atoms with van der Waals surface area (Å²) in [7, 11) is 0. The summed E-state index contributed by atoms with van der Waals surface area (Å²) in [6.07, 6.45) is 2.58. The third kappa shape index (κ3) is 10.8. The number of carboxylic acid groups (broad SMARTS) is 1. The van der Waals surface area contributed by atoms with Crippen molar-refractivity contribution in [2.75, 3.05) is 19.6 Å². The van der Waals surface area contributed by atoms with Gasteiger partial charge in [0, 0.05) is 19.6 Å². The molecule has 0 bridgehead atoms. The van der Waals surface area contributed by atoms with Crippen LogP contribution in [-0.4, -0.2) is 89.4 Å². The topological polar surface area (TPSA) is 271 Å². The second-order valence-corrected chi connectivity index (χ2v) is 9.46. The predicted molar refractivity (Wildman–Crippen MR) is 143 cm³/mol. The van der Waals surface area contributed by atoms with Gasteiger partial charge in [-0.05, 0) is 44.4 Å². The van der Waals surface area contributed by atoms with Gasteiger partial charge in [-0.15, -0.1) is 0 Å². The maximum atomic E-state index is 13.4. The molecule has 0 aromatic rings. The monoisotopic (exact) mass is 540 g/mol. The lowest BCUT2D eigenvalue weighted by molar-refractivity contribution is -0.149. The zero-order chi connectivity index (χ0) is 28.8. The van der Waals surface area contributed by atoms with Crippen molar-refractivity contribution in [2.24, 2.45) is 44.6 Å². The molecule has 3 amide bonds. The van der Waals surface area contributed by atoms with Crippen molar-refractivity contribution in [1.29, 1.82) is 0 Å². The Kier molecular flexibility index (Phi) is 13.9. The van der Waals surface area contributed by atoms with E-state index < -0.39 is 47.9 Å². The zero-order valence-electron chi connectivity index (χ0n) is 22.3. The molecule has 0 aromatic heterocycles. The van der Waals surface area contributed by atoms with E-state index in [0.29, 0.717) is 32.1 Å². The Morgan fingerprint density at radius 3 is 1.97 bits per heavy atom. The first-order chi connectivity index (χ1) is 17.9. The first-order valence-electron chi connectivity index (χ1n) is 12.9. The summed E-state index contributed by atoms with van der Waals surface area (Å²) in [4.78, 5) is 60.2. The van der Waals surface area contributed by atoms with Crippen molar-refractivity contribution >= 4 is 35.6 Å². The molecule has 1 aliphatic rings. The Hall–Kier alpha value is -3.62.